The number of aromatic amines is 1. The molecule has 1 aliphatic carbocycles. The molecule has 5 heteroatoms. The van der Waals surface area contributed by atoms with Crippen molar-refractivity contribution >= 4 is 16.8 Å². The molecule has 0 aliphatic heterocycles. The Balaban J connectivity index is 1.89. The van der Waals surface area contributed by atoms with Crippen LogP contribution in [0, 0.1) is 11.3 Å². The quantitative estimate of drug-likeness (QED) is 0.858. The first kappa shape index (κ1) is 13.5. The van der Waals surface area contributed by atoms with E-state index in [-0.39, 0.29) is 18.5 Å². The molecule has 0 spiro atoms. The van der Waals surface area contributed by atoms with E-state index in [4.69, 9.17) is 10.00 Å². The van der Waals surface area contributed by atoms with Gasteiger partial charge in [0.1, 0.15) is 18.0 Å². The van der Waals surface area contributed by atoms with Crippen molar-refractivity contribution in [2.45, 2.75) is 25.8 Å². The summed E-state index contributed by atoms with van der Waals surface area (Å²) in [6, 6.07) is 9.84. The average molecular weight is 283 g/mol. The highest BCUT2D eigenvalue weighted by Crippen LogP contribution is 2.29. The van der Waals surface area contributed by atoms with Crippen molar-refractivity contribution in [3.63, 3.8) is 0 Å². The highest BCUT2D eigenvalue weighted by Gasteiger charge is 2.33. The second-order valence-electron chi connectivity index (χ2n) is 5.19. The van der Waals surface area contributed by atoms with Gasteiger partial charge in [-0.25, -0.2) is 0 Å². The van der Waals surface area contributed by atoms with E-state index in [0.717, 1.165) is 29.5 Å². The van der Waals surface area contributed by atoms with Crippen LogP contribution in [0.1, 0.15) is 30.3 Å². The molecule has 3 rings (SSSR count). The molecule has 1 aromatic heterocycles. The minimum Gasteiger partial charge on any atom is -0.494 e. The normalized spacial score (nSPS) is 13.9. The molecule has 0 atom stereocenters. The van der Waals surface area contributed by atoms with Crippen LogP contribution in [0.15, 0.2) is 24.3 Å². The number of carbonyl (C=O) groups is 1. The Morgan fingerprint density at radius 2 is 2.29 bits per heavy atom. The topological polar surface area (TPSA) is 69.1 Å². The molecule has 1 saturated carbocycles. The standard InChI is InChI=1S/C16H17N3O2/c1-2-21-13-6-3-11-9-15(18-14(11)10-13)16(20)19(8-7-17)12-4-5-12/h3,6,9-10,12,18H,2,4-5,8H2,1H3. The van der Waals surface area contributed by atoms with Crippen LogP contribution in [-0.2, 0) is 0 Å². The molecule has 5 nitrogen and oxygen atoms in total. The zero-order chi connectivity index (χ0) is 14.8. The molecule has 2 aromatic rings. The van der Waals surface area contributed by atoms with Crippen molar-refractivity contribution < 1.29 is 9.53 Å². The Kier molecular flexibility index (Phi) is 3.53. The molecule has 21 heavy (non-hydrogen) atoms. The molecule has 0 bridgehead atoms. The highest BCUT2D eigenvalue weighted by molar-refractivity contribution is 5.98. The number of aromatic nitrogens is 1. The summed E-state index contributed by atoms with van der Waals surface area (Å²) < 4.78 is 5.46. The Morgan fingerprint density at radius 3 is 2.95 bits per heavy atom. The Bertz CT molecular complexity index is 710. The third-order valence-electron chi connectivity index (χ3n) is 3.62. The van der Waals surface area contributed by atoms with Gasteiger partial charge in [-0.05, 0) is 38.0 Å². The minimum atomic E-state index is -0.104. The van der Waals surface area contributed by atoms with Crippen LogP contribution in [0.2, 0.25) is 0 Å². The van der Waals surface area contributed by atoms with Gasteiger partial charge in [0.05, 0.1) is 12.7 Å². The summed E-state index contributed by atoms with van der Waals surface area (Å²) in [7, 11) is 0. The first-order valence-electron chi connectivity index (χ1n) is 7.16. The van der Waals surface area contributed by atoms with Gasteiger partial charge >= 0.3 is 0 Å². The van der Waals surface area contributed by atoms with Crippen molar-refractivity contribution in [2.24, 2.45) is 0 Å². The monoisotopic (exact) mass is 283 g/mol. The number of nitrogens with zero attached hydrogens (tertiary/aromatic N) is 2. The number of ether oxygens (including phenoxy) is 1. The maximum Gasteiger partial charge on any atom is 0.271 e. The fraction of sp³-hybridized carbons (Fsp3) is 0.375. The van der Waals surface area contributed by atoms with E-state index in [0.29, 0.717) is 12.3 Å². The molecule has 1 amide bonds. The van der Waals surface area contributed by atoms with Crippen molar-refractivity contribution in [1.82, 2.24) is 9.88 Å². The predicted molar refractivity (Wildman–Crippen MR) is 79.1 cm³/mol. The molecular weight excluding hydrogens is 266 g/mol. The third kappa shape index (κ3) is 2.70. The smallest absolute Gasteiger partial charge is 0.271 e. The van der Waals surface area contributed by atoms with Gasteiger partial charge in [0, 0.05) is 23.0 Å². The van der Waals surface area contributed by atoms with Crippen LogP contribution in [0.3, 0.4) is 0 Å². The predicted octanol–water partition coefficient (Wildman–Crippen LogP) is 2.69. The number of nitriles is 1. The molecule has 1 heterocycles. The van der Waals surface area contributed by atoms with E-state index in [1.807, 2.05) is 31.2 Å². The summed E-state index contributed by atoms with van der Waals surface area (Å²) in [6.07, 6.45) is 1.98. The maximum atomic E-state index is 12.5. The molecule has 0 saturated heterocycles. The maximum absolute atomic E-state index is 12.5. The number of amides is 1. The van der Waals surface area contributed by atoms with Crippen molar-refractivity contribution in [2.75, 3.05) is 13.2 Å². The van der Waals surface area contributed by atoms with E-state index >= 15 is 0 Å². The van der Waals surface area contributed by atoms with Crippen LogP contribution in [0.4, 0.5) is 0 Å². The van der Waals surface area contributed by atoms with Gasteiger partial charge in [-0.3, -0.25) is 4.79 Å². The van der Waals surface area contributed by atoms with Gasteiger partial charge in [-0.2, -0.15) is 5.26 Å². The van der Waals surface area contributed by atoms with Gasteiger partial charge in [-0.1, -0.05) is 0 Å². The number of H-pyrrole nitrogens is 1. The summed E-state index contributed by atoms with van der Waals surface area (Å²) in [6.45, 7) is 2.68. The van der Waals surface area contributed by atoms with Crippen LogP contribution in [0.25, 0.3) is 10.9 Å². The number of rotatable bonds is 5. The second-order valence-corrected chi connectivity index (χ2v) is 5.19. The number of hydrogen-bond acceptors (Lipinski definition) is 3. The third-order valence-corrected chi connectivity index (χ3v) is 3.62. The van der Waals surface area contributed by atoms with Gasteiger partial charge in [-0.15, -0.1) is 0 Å². The molecule has 0 radical (unpaired) electrons. The van der Waals surface area contributed by atoms with E-state index in [2.05, 4.69) is 11.1 Å². The first-order valence-corrected chi connectivity index (χ1v) is 7.16. The fourth-order valence-corrected chi connectivity index (χ4v) is 2.46. The van der Waals surface area contributed by atoms with E-state index in [1.54, 1.807) is 4.90 Å². The molecular formula is C16H17N3O2. The molecule has 1 aromatic carbocycles. The summed E-state index contributed by atoms with van der Waals surface area (Å²) in [5.41, 5.74) is 1.40. The largest absolute Gasteiger partial charge is 0.494 e. The van der Waals surface area contributed by atoms with E-state index < -0.39 is 0 Å². The van der Waals surface area contributed by atoms with Crippen LogP contribution in [0.5, 0.6) is 5.75 Å². The molecule has 1 fully saturated rings. The zero-order valence-electron chi connectivity index (χ0n) is 11.9. The average Bonchev–Trinajstić information content (AvgIpc) is 3.23. The lowest BCUT2D eigenvalue weighted by Gasteiger charge is -2.17. The Morgan fingerprint density at radius 1 is 1.48 bits per heavy atom. The van der Waals surface area contributed by atoms with Crippen molar-refractivity contribution in [3.8, 4) is 11.8 Å². The first-order chi connectivity index (χ1) is 10.2. The van der Waals surface area contributed by atoms with Gasteiger partial charge < -0.3 is 14.6 Å². The van der Waals surface area contributed by atoms with Crippen LogP contribution >= 0.6 is 0 Å². The van der Waals surface area contributed by atoms with Gasteiger partial charge in [0.2, 0.25) is 0 Å². The molecule has 0 unspecified atom stereocenters. The van der Waals surface area contributed by atoms with Crippen molar-refractivity contribution in [3.05, 3.63) is 30.0 Å². The van der Waals surface area contributed by atoms with Crippen molar-refractivity contribution in [1.29, 1.82) is 5.26 Å². The van der Waals surface area contributed by atoms with E-state index in [1.165, 1.54) is 0 Å². The Labute approximate surface area is 123 Å². The lowest BCUT2D eigenvalue weighted by molar-refractivity contribution is 0.0760. The summed E-state index contributed by atoms with van der Waals surface area (Å²) in [4.78, 5) is 17.3. The zero-order valence-corrected chi connectivity index (χ0v) is 11.9. The number of hydrogen-bond donors (Lipinski definition) is 1. The summed E-state index contributed by atoms with van der Waals surface area (Å²) in [5, 5.41) is 9.84. The summed E-state index contributed by atoms with van der Waals surface area (Å²) >= 11 is 0. The molecule has 1 aliphatic rings. The van der Waals surface area contributed by atoms with Crippen LogP contribution < -0.4 is 4.74 Å². The number of nitrogens with one attached hydrogen (secondary N) is 1. The van der Waals surface area contributed by atoms with E-state index in [9.17, 15) is 4.79 Å². The molecule has 1 N–H and O–H groups in total. The fourth-order valence-electron chi connectivity index (χ4n) is 2.46. The summed E-state index contributed by atoms with van der Waals surface area (Å²) in [5.74, 6) is 0.676. The SMILES string of the molecule is CCOc1ccc2cc(C(=O)N(CC#N)C3CC3)[nH]c2c1. The lowest BCUT2D eigenvalue weighted by Crippen LogP contribution is -2.33. The number of benzene rings is 1. The minimum absolute atomic E-state index is 0.104. The second kappa shape index (κ2) is 5.49. The number of fused-ring (bicyclic) bond motifs is 1. The van der Waals surface area contributed by atoms with Gasteiger partial charge in [0.15, 0.2) is 0 Å². The highest BCUT2D eigenvalue weighted by atomic mass is 16.5. The Hall–Kier alpha value is -2.48. The van der Waals surface area contributed by atoms with Gasteiger partial charge in [0.25, 0.3) is 5.91 Å². The van der Waals surface area contributed by atoms with Crippen LogP contribution in [-0.4, -0.2) is 35.0 Å². The lowest BCUT2D eigenvalue weighted by atomic mass is 10.2. The number of carbonyl (C=O) groups excluding carboxylic acids is 1. The molecule has 108 valence electrons.